The van der Waals surface area contributed by atoms with Crippen molar-refractivity contribution in [1.29, 1.82) is 0 Å². The van der Waals surface area contributed by atoms with Gasteiger partial charge in [-0.3, -0.25) is 10.1 Å². The maximum atomic E-state index is 11.0. The fourth-order valence-corrected chi connectivity index (χ4v) is 1.93. The van der Waals surface area contributed by atoms with Crippen molar-refractivity contribution in [2.75, 3.05) is 12.4 Å². The molecule has 8 heteroatoms. The van der Waals surface area contributed by atoms with Crippen LogP contribution in [0.15, 0.2) is 18.2 Å². The van der Waals surface area contributed by atoms with Crippen LogP contribution in [0.3, 0.4) is 0 Å². The molecule has 2 rings (SSSR count). The molecule has 0 spiro atoms. The lowest BCUT2D eigenvalue weighted by Gasteiger charge is -2.11. The molecule has 0 aliphatic rings. The van der Waals surface area contributed by atoms with E-state index in [4.69, 9.17) is 16.3 Å². The van der Waals surface area contributed by atoms with Gasteiger partial charge in [0.1, 0.15) is 11.6 Å². The van der Waals surface area contributed by atoms with Crippen molar-refractivity contribution >= 4 is 23.1 Å². The Balaban J connectivity index is 2.50. The molecule has 0 fully saturated rings. The zero-order valence-electron chi connectivity index (χ0n) is 11.7. The molecule has 21 heavy (non-hydrogen) atoms. The monoisotopic (exact) mass is 308 g/mol. The summed E-state index contributed by atoms with van der Waals surface area (Å²) in [7, 11) is 1.72. The van der Waals surface area contributed by atoms with Gasteiger partial charge in [-0.25, -0.2) is 4.98 Å². The van der Waals surface area contributed by atoms with E-state index in [1.165, 1.54) is 18.2 Å². The number of nitro benzene ring substituents is 1. The summed E-state index contributed by atoms with van der Waals surface area (Å²) in [5.74, 6) is 1.37. The molecule has 0 aliphatic heterocycles. The molecule has 0 unspecified atom stereocenters. The van der Waals surface area contributed by atoms with Crippen LogP contribution in [0.2, 0.25) is 5.02 Å². The van der Waals surface area contributed by atoms with Gasteiger partial charge in [-0.15, -0.1) is 0 Å². The summed E-state index contributed by atoms with van der Waals surface area (Å²) < 4.78 is 5.59. The smallest absolute Gasteiger partial charge is 0.311 e. The third kappa shape index (κ3) is 3.19. The predicted octanol–water partition coefficient (Wildman–Crippen LogP) is 3.49. The van der Waals surface area contributed by atoms with Crippen LogP contribution < -0.4 is 10.1 Å². The molecule has 7 nitrogen and oxygen atoms in total. The van der Waals surface area contributed by atoms with Gasteiger partial charge in [-0.1, -0.05) is 11.6 Å². The quantitative estimate of drug-likeness (QED) is 0.687. The lowest BCUT2D eigenvalue weighted by atomic mass is 10.3. The minimum absolute atomic E-state index is 0.0377. The summed E-state index contributed by atoms with van der Waals surface area (Å²) >= 11 is 5.87. The van der Waals surface area contributed by atoms with Gasteiger partial charge in [-0.2, -0.15) is 4.98 Å². The number of benzene rings is 1. The average molecular weight is 309 g/mol. The van der Waals surface area contributed by atoms with E-state index in [1.54, 1.807) is 20.9 Å². The number of halogens is 1. The van der Waals surface area contributed by atoms with Gasteiger partial charge in [-0.05, 0) is 19.9 Å². The summed E-state index contributed by atoms with van der Waals surface area (Å²) in [6, 6.07) is 4.11. The van der Waals surface area contributed by atoms with Gasteiger partial charge in [0, 0.05) is 24.2 Å². The van der Waals surface area contributed by atoms with Gasteiger partial charge in [0.2, 0.25) is 11.6 Å². The number of nitrogens with one attached hydrogen (secondary N) is 1. The van der Waals surface area contributed by atoms with E-state index < -0.39 is 4.92 Å². The molecule has 110 valence electrons. The van der Waals surface area contributed by atoms with Crippen LogP contribution >= 0.6 is 11.6 Å². The third-order valence-electron chi connectivity index (χ3n) is 2.77. The van der Waals surface area contributed by atoms with Crippen molar-refractivity contribution in [2.24, 2.45) is 0 Å². The summed E-state index contributed by atoms with van der Waals surface area (Å²) in [6.07, 6.45) is 0. The molecule has 0 saturated heterocycles. The second-order valence-electron chi connectivity index (χ2n) is 4.27. The van der Waals surface area contributed by atoms with Crippen molar-refractivity contribution in [2.45, 2.75) is 13.8 Å². The number of ether oxygens (including phenoxy) is 1. The van der Waals surface area contributed by atoms with Crippen LogP contribution in [-0.2, 0) is 0 Å². The van der Waals surface area contributed by atoms with E-state index in [0.717, 1.165) is 0 Å². The zero-order valence-corrected chi connectivity index (χ0v) is 12.4. The minimum atomic E-state index is -0.534. The maximum absolute atomic E-state index is 11.0. The van der Waals surface area contributed by atoms with E-state index in [-0.39, 0.29) is 17.3 Å². The molecular formula is C13H13ClN4O3. The molecule has 0 saturated carbocycles. The predicted molar refractivity (Wildman–Crippen MR) is 79.2 cm³/mol. The molecule has 0 radical (unpaired) electrons. The van der Waals surface area contributed by atoms with Gasteiger partial charge < -0.3 is 10.1 Å². The maximum Gasteiger partial charge on any atom is 0.311 e. The second kappa shape index (κ2) is 5.92. The molecular weight excluding hydrogens is 296 g/mol. The van der Waals surface area contributed by atoms with Crippen LogP contribution in [0, 0.1) is 24.0 Å². The Morgan fingerprint density at radius 3 is 2.67 bits per heavy atom. The SMILES string of the molecule is CNc1nc(C)nc(Oc2cc(Cl)ccc2[N+](=O)[O-])c1C. The van der Waals surface area contributed by atoms with Gasteiger partial charge in [0.15, 0.2) is 0 Å². The molecule has 0 bridgehead atoms. The first-order valence-electron chi connectivity index (χ1n) is 6.07. The number of nitrogens with zero attached hydrogens (tertiary/aromatic N) is 3. The molecule has 0 atom stereocenters. The third-order valence-corrected chi connectivity index (χ3v) is 3.01. The number of rotatable bonds is 4. The fraction of sp³-hybridized carbons (Fsp3) is 0.231. The second-order valence-corrected chi connectivity index (χ2v) is 4.71. The Bertz CT molecular complexity index is 706. The van der Waals surface area contributed by atoms with Crippen LogP contribution in [0.1, 0.15) is 11.4 Å². The molecule has 0 amide bonds. The summed E-state index contributed by atoms with van der Waals surface area (Å²) in [5, 5.41) is 14.3. The normalized spacial score (nSPS) is 10.3. The number of anilines is 1. The van der Waals surface area contributed by atoms with Crippen molar-refractivity contribution in [1.82, 2.24) is 9.97 Å². The Morgan fingerprint density at radius 2 is 2.05 bits per heavy atom. The van der Waals surface area contributed by atoms with Gasteiger partial charge in [0.05, 0.1) is 10.5 Å². The van der Waals surface area contributed by atoms with Crippen LogP contribution in [-0.4, -0.2) is 21.9 Å². The van der Waals surface area contributed by atoms with Crippen LogP contribution in [0.5, 0.6) is 11.6 Å². The van der Waals surface area contributed by atoms with Crippen molar-refractivity contribution < 1.29 is 9.66 Å². The Morgan fingerprint density at radius 1 is 1.33 bits per heavy atom. The first-order valence-corrected chi connectivity index (χ1v) is 6.45. The largest absolute Gasteiger partial charge is 0.431 e. The number of hydrogen-bond donors (Lipinski definition) is 1. The minimum Gasteiger partial charge on any atom is -0.431 e. The van der Waals surface area contributed by atoms with E-state index in [1.807, 2.05) is 0 Å². The topological polar surface area (TPSA) is 90.2 Å². The van der Waals surface area contributed by atoms with Crippen molar-refractivity contribution in [3.05, 3.63) is 44.7 Å². The summed E-state index contributed by atoms with van der Waals surface area (Å²) in [6.45, 7) is 3.47. The van der Waals surface area contributed by atoms with E-state index in [0.29, 0.717) is 22.2 Å². The average Bonchev–Trinajstić information content (AvgIpc) is 2.42. The first kappa shape index (κ1) is 15.0. The molecule has 1 aromatic carbocycles. The number of nitro groups is 1. The van der Waals surface area contributed by atoms with Gasteiger partial charge in [0.25, 0.3) is 0 Å². The number of hydrogen-bond acceptors (Lipinski definition) is 6. The summed E-state index contributed by atoms with van der Waals surface area (Å²) in [4.78, 5) is 18.9. The lowest BCUT2D eigenvalue weighted by molar-refractivity contribution is -0.385. The number of aryl methyl sites for hydroxylation is 1. The molecule has 1 aromatic heterocycles. The highest BCUT2D eigenvalue weighted by Crippen LogP contribution is 2.35. The standard InChI is InChI=1S/C13H13ClN4O3/c1-7-12(15-3)16-8(2)17-13(7)21-11-6-9(14)4-5-10(11)18(19)20/h4-6H,1-3H3,(H,15,16,17). The zero-order chi connectivity index (χ0) is 15.6. The van der Waals surface area contributed by atoms with Gasteiger partial charge >= 0.3 is 5.69 Å². The summed E-state index contributed by atoms with van der Waals surface area (Å²) in [5.41, 5.74) is 0.471. The van der Waals surface area contributed by atoms with E-state index in [9.17, 15) is 10.1 Å². The Labute approximate surface area is 126 Å². The van der Waals surface area contributed by atoms with E-state index in [2.05, 4.69) is 15.3 Å². The Kier molecular flexibility index (Phi) is 4.23. The lowest BCUT2D eigenvalue weighted by Crippen LogP contribution is -2.03. The highest BCUT2D eigenvalue weighted by molar-refractivity contribution is 6.30. The van der Waals surface area contributed by atoms with Crippen molar-refractivity contribution in [3.8, 4) is 11.6 Å². The molecule has 1 N–H and O–H groups in total. The molecule has 2 aromatic rings. The fourth-order valence-electron chi connectivity index (χ4n) is 1.77. The van der Waals surface area contributed by atoms with E-state index >= 15 is 0 Å². The highest BCUT2D eigenvalue weighted by Gasteiger charge is 2.19. The van der Waals surface area contributed by atoms with Crippen LogP contribution in [0.4, 0.5) is 11.5 Å². The van der Waals surface area contributed by atoms with Crippen LogP contribution in [0.25, 0.3) is 0 Å². The molecule has 0 aliphatic carbocycles. The molecule has 1 heterocycles. The first-order chi connectivity index (χ1) is 9.92. The number of aromatic nitrogens is 2. The van der Waals surface area contributed by atoms with Crippen molar-refractivity contribution in [3.63, 3.8) is 0 Å². The highest BCUT2D eigenvalue weighted by atomic mass is 35.5. The Hall–Kier alpha value is -2.41.